The summed E-state index contributed by atoms with van der Waals surface area (Å²) in [6.07, 6.45) is 2.28. The van der Waals surface area contributed by atoms with Gasteiger partial charge in [0.2, 0.25) is 5.91 Å². The zero-order valence-electron chi connectivity index (χ0n) is 16.2. The van der Waals surface area contributed by atoms with Gasteiger partial charge in [0.05, 0.1) is 21.9 Å². The Morgan fingerprint density at radius 3 is 2.70 bits per heavy atom. The molecule has 0 spiro atoms. The van der Waals surface area contributed by atoms with Crippen LogP contribution in [0, 0.1) is 0 Å². The molecule has 0 bridgehead atoms. The van der Waals surface area contributed by atoms with E-state index < -0.39 is 0 Å². The van der Waals surface area contributed by atoms with Gasteiger partial charge in [0.25, 0.3) is 0 Å². The highest BCUT2D eigenvalue weighted by atomic mass is 35.5. The van der Waals surface area contributed by atoms with Gasteiger partial charge >= 0.3 is 0 Å². The minimum Gasteiger partial charge on any atom is -0.441 e. The molecule has 1 amide bonds. The Morgan fingerprint density at radius 1 is 1.13 bits per heavy atom. The fourth-order valence-electron chi connectivity index (χ4n) is 3.30. The summed E-state index contributed by atoms with van der Waals surface area (Å²) >= 11 is 14.6. The van der Waals surface area contributed by atoms with Crippen LogP contribution in [0.1, 0.15) is 12.3 Å². The van der Waals surface area contributed by atoms with Gasteiger partial charge in [0, 0.05) is 48.7 Å². The maximum absolute atomic E-state index is 12.4. The summed E-state index contributed by atoms with van der Waals surface area (Å²) in [4.78, 5) is 18.9. The average Bonchev–Trinajstić information content (AvgIpc) is 3.22. The van der Waals surface area contributed by atoms with Gasteiger partial charge in [0.1, 0.15) is 0 Å². The summed E-state index contributed by atoms with van der Waals surface area (Å²) in [6.45, 7) is 1.98. The number of aromatic nitrogens is 1. The molecule has 156 valence electrons. The van der Waals surface area contributed by atoms with E-state index in [1.165, 1.54) is 0 Å². The Morgan fingerprint density at radius 2 is 1.93 bits per heavy atom. The van der Waals surface area contributed by atoms with Crippen molar-refractivity contribution in [1.82, 2.24) is 4.98 Å². The molecule has 1 saturated heterocycles. The molecule has 4 rings (SSSR count). The van der Waals surface area contributed by atoms with Gasteiger partial charge in [-0.05, 0) is 30.3 Å². The molecule has 0 saturated carbocycles. The fraction of sp³-hybridized carbons (Fsp3) is 0.273. The monoisotopic (exact) mass is 461 g/mol. The van der Waals surface area contributed by atoms with E-state index in [0.717, 1.165) is 35.8 Å². The van der Waals surface area contributed by atoms with Crippen molar-refractivity contribution >= 4 is 52.2 Å². The van der Waals surface area contributed by atoms with Crippen LogP contribution in [0.5, 0.6) is 0 Å². The number of carbonyl (C=O) groups excluding carboxylic acids is 1. The number of nitrogens with zero attached hydrogens (tertiary/aromatic N) is 2. The van der Waals surface area contributed by atoms with Gasteiger partial charge < -0.3 is 14.6 Å². The highest BCUT2D eigenvalue weighted by molar-refractivity contribution is 7.99. The molecular formula is C22H21Cl2N3O2S. The lowest BCUT2D eigenvalue weighted by Gasteiger charge is -2.29. The van der Waals surface area contributed by atoms with E-state index in [1.54, 1.807) is 18.3 Å². The first kappa shape index (κ1) is 21.1. The van der Waals surface area contributed by atoms with Crippen molar-refractivity contribution in [1.29, 1.82) is 0 Å². The normalized spacial score (nSPS) is 14.0. The number of benzene rings is 2. The third kappa shape index (κ3) is 5.12. The van der Waals surface area contributed by atoms with E-state index in [1.807, 2.05) is 42.1 Å². The van der Waals surface area contributed by atoms with Crippen LogP contribution in [0.25, 0.3) is 11.3 Å². The molecule has 2 aromatic carbocycles. The first-order chi connectivity index (χ1) is 14.6. The molecule has 0 radical (unpaired) electrons. The molecule has 30 heavy (non-hydrogen) atoms. The second-order valence-corrected chi connectivity index (χ2v) is 8.95. The number of nitrogens with one attached hydrogen (secondary N) is 1. The van der Waals surface area contributed by atoms with E-state index >= 15 is 0 Å². The van der Waals surface area contributed by atoms with E-state index in [0.29, 0.717) is 33.8 Å². The number of rotatable bonds is 6. The SMILES string of the molecule is O=C(CCc1ncc(-c2ccccc2Cl)o1)Nc1ccc(N2CCSCC2)c(Cl)c1. The van der Waals surface area contributed by atoms with Gasteiger partial charge in [0.15, 0.2) is 11.7 Å². The van der Waals surface area contributed by atoms with Crippen LogP contribution in [0.4, 0.5) is 11.4 Å². The summed E-state index contributed by atoms with van der Waals surface area (Å²) in [6, 6.07) is 13.1. The van der Waals surface area contributed by atoms with Gasteiger partial charge in [-0.25, -0.2) is 4.98 Å². The molecule has 3 aromatic rings. The number of aryl methyl sites for hydroxylation is 1. The van der Waals surface area contributed by atoms with Crippen LogP contribution in [0.2, 0.25) is 10.0 Å². The van der Waals surface area contributed by atoms with Gasteiger partial charge in [-0.3, -0.25) is 4.79 Å². The van der Waals surface area contributed by atoms with Crippen molar-refractivity contribution < 1.29 is 9.21 Å². The molecule has 0 aliphatic carbocycles. The van der Waals surface area contributed by atoms with Crippen LogP contribution < -0.4 is 10.2 Å². The molecule has 1 aromatic heterocycles. The molecule has 2 heterocycles. The second kappa shape index (κ2) is 9.77. The molecule has 1 N–H and O–H groups in total. The van der Waals surface area contributed by atoms with Crippen LogP contribution in [-0.4, -0.2) is 35.5 Å². The number of thioether (sulfide) groups is 1. The van der Waals surface area contributed by atoms with Crippen LogP contribution in [0.3, 0.4) is 0 Å². The zero-order valence-corrected chi connectivity index (χ0v) is 18.6. The smallest absolute Gasteiger partial charge is 0.224 e. The van der Waals surface area contributed by atoms with E-state index in [4.69, 9.17) is 27.6 Å². The van der Waals surface area contributed by atoms with E-state index in [2.05, 4.69) is 15.2 Å². The Kier molecular flexibility index (Phi) is 6.87. The van der Waals surface area contributed by atoms with Crippen molar-refractivity contribution in [3.05, 3.63) is 64.6 Å². The predicted octanol–water partition coefficient (Wildman–Crippen LogP) is 5.77. The van der Waals surface area contributed by atoms with Crippen LogP contribution in [0.15, 0.2) is 53.1 Å². The fourth-order valence-corrected chi connectivity index (χ4v) is 4.73. The summed E-state index contributed by atoms with van der Waals surface area (Å²) in [5.41, 5.74) is 2.48. The number of amides is 1. The molecule has 0 unspecified atom stereocenters. The predicted molar refractivity (Wildman–Crippen MR) is 125 cm³/mol. The molecule has 1 aliphatic rings. The van der Waals surface area contributed by atoms with Crippen molar-refractivity contribution in [3.8, 4) is 11.3 Å². The van der Waals surface area contributed by atoms with Crippen molar-refractivity contribution in [2.45, 2.75) is 12.8 Å². The molecule has 5 nitrogen and oxygen atoms in total. The summed E-state index contributed by atoms with van der Waals surface area (Å²) < 4.78 is 5.75. The summed E-state index contributed by atoms with van der Waals surface area (Å²) in [7, 11) is 0. The summed E-state index contributed by atoms with van der Waals surface area (Å²) in [5, 5.41) is 4.14. The number of hydrogen-bond donors (Lipinski definition) is 1. The Bertz CT molecular complexity index is 1030. The lowest BCUT2D eigenvalue weighted by atomic mass is 10.2. The minimum atomic E-state index is -0.120. The first-order valence-electron chi connectivity index (χ1n) is 9.72. The van der Waals surface area contributed by atoms with Gasteiger partial charge in [-0.1, -0.05) is 35.3 Å². The molecule has 1 aliphatic heterocycles. The molecule has 8 heteroatoms. The largest absolute Gasteiger partial charge is 0.441 e. The van der Waals surface area contributed by atoms with Crippen LogP contribution in [-0.2, 0) is 11.2 Å². The third-order valence-corrected chi connectivity index (χ3v) is 6.42. The number of anilines is 2. The molecular weight excluding hydrogens is 441 g/mol. The third-order valence-electron chi connectivity index (χ3n) is 4.84. The lowest BCUT2D eigenvalue weighted by Crippen LogP contribution is -2.32. The maximum atomic E-state index is 12.4. The Balaban J connectivity index is 1.33. The minimum absolute atomic E-state index is 0.120. The van der Waals surface area contributed by atoms with Gasteiger partial charge in [-0.15, -0.1) is 0 Å². The highest BCUT2D eigenvalue weighted by Crippen LogP contribution is 2.31. The second-order valence-electron chi connectivity index (χ2n) is 6.91. The zero-order chi connectivity index (χ0) is 20.9. The van der Waals surface area contributed by atoms with Crippen molar-refractivity contribution in [2.24, 2.45) is 0 Å². The number of halogens is 2. The maximum Gasteiger partial charge on any atom is 0.224 e. The van der Waals surface area contributed by atoms with Crippen molar-refractivity contribution in [2.75, 3.05) is 34.8 Å². The number of oxazole rings is 1. The quantitative estimate of drug-likeness (QED) is 0.504. The Labute approximate surface area is 189 Å². The van der Waals surface area contributed by atoms with E-state index in [9.17, 15) is 4.79 Å². The molecule has 0 atom stereocenters. The summed E-state index contributed by atoms with van der Waals surface area (Å²) in [5.74, 6) is 3.18. The number of carbonyl (C=O) groups is 1. The standard InChI is InChI=1S/C22H21Cl2N3O2S/c23-17-4-2-1-3-16(17)20-14-25-22(29-20)8-7-21(28)26-15-5-6-19(18(24)13-15)27-9-11-30-12-10-27/h1-6,13-14H,7-12H2,(H,26,28). The van der Waals surface area contributed by atoms with Crippen LogP contribution >= 0.6 is 35.0 Å². The Hall–Kier alpha value is -2.15. The highest BCUT2D eigenvalue weighted by Gasteiger charge is 2.15. The topological polar surface area (TPSA) is 58.4 Å². The molecule has 1 fully saturated rings. The van der Waals surface area contributed by atoms with E-state index in [-0.39, 0.29) is 12.3 Å². The lowest BCUT2D eigenvalue weighted by molar-refractivity contribution is -0.116. The number of hydrogen-bond acceptors (Lipinski definition) is 5. The average molecular weight is 462 g/mol. The van der Waals surface area contributed by atoms with Crippen molar-refractivity contribution in [3.63, 3.8) is 0 Å². The van der Waals surface area contributed by atoms with Gasteiger partial charge in [-0.2, -0.15) is 11.8 Å². The first-order valence-corrected chi connectivity index (χ1v) is 11.6.